The number of hydrogen-bond donors (Lipinski definition) is 0. The monoisotopic (exact) mass is 5550 g/mol. The van der Waals surface area contributed by atoms with E-state index in [-0.39, 0.29) is 111 Å². The van der Waals surface area contributed by atoms with E-state index in [1.54, 1.807) is 0 Å². The molecule has 0 N–H and O–H groups in total. The molecule has 0 spiro atoms. The molecule has 0 atom stereocenters. The number of hydrogen-bond acceptors (Lipinski definition) is 0. The first-order valence-electron chi connectivity index (χ1n) is 1.67. The van der Waals surface area contributed by atoms with Crippen LogP contribution in [0.3, 0.4) is 0 Å². The molecule has 0 unspecified atom stereocenters. The largest absolute Gasteiger partial charge is 0.124 e. The van der Waals surface area contributed by atoms with Gasteiger partial charge in [-0.15, -0.1) is 64.2 Å². The van der Waals surface area contributed by atoms with Crippen LogP contribution in [0.1, 0.15) is 111 Å². The van der Waals surface area contributed by atoms with Gasteiger partial charge in [-0.05, 0) is 0 Å². The van der Waals surface area contributed by atoms with E-state index in [2.05, 4.69) is 64.2 Å². The third-order valence-electron chi connectivity index (χ3n) is 0. The van der Waals surface area contributed by atoms with Crippen molar-refractivity contribution in [2.75, 3.05) is 0 Å². The molecule has 0 rings (SSSR count). The quantitative estimate of drug-likeness (QED) is 0.212. The molecule has 0 bridgehead atoms. The molecule has 450 valence electrons. The van der Waals surface area contributed by atoms with E-state index < -0.39 is 0 Å². The molecule has 0 aliphatic heterocycles. The van der Waals surface area contributed by atoms with Crippen molar-refractivity contribution in [3.63, 3.8) is 0 Å². The Morgan fingerprint density at radius 2 is 0.0889 bits per heavy atom. The molecule has 0 saturated heterocycles. The van der Waals surface area contributed by atoms with E-state index in [4.69, 9.17) is 0 Å². The molecule has 0 radical (unpaired) electrons. The Hall–Kier alpha value is -22.2. The average Bonchev–Trinajstić information content (AvgIpc) is 2.20. The summed E-state index contributed by atoms with van der Waals surface area (Å²) in [5.74, 6) is 0. The third-order valence-corrected chi connectivity index (χ3v) is 0. The molecule has 0 nitrogen and oxygen atoms in total. The normalized spacial score (nSPS) is 0.222. The predicted molar refractivity (Wildman–Crippen MR) is 150 cm³/mol. The zero-order chi connectivity index (χ0) is 10.0. The van der Waals surface area contributed by atoms with Crippen LogP contribution in [-0.4, -0.2) is 0 Å². The summed E-state index contributed by atoms with van der Waals surface area (Å²) in [6.07, 6.45) is 40.0. The molecule has 0 aromatic heterocycles. The van der Waals surface area contributed by atoms with Crippen LogP contribution in [0.25, 0.3) is 0 Å². The fraction of sp³-hybridized carbons (Fsp3) is 0.600. The van der Waals surface area contributed by atoms with Gasteiger partial charge in [-0.3, -0.25) is 0 Å². The molecule has 0 aliphatic carbocycles. The van der Waals surface area contributed by atoms with Crippen molar-refractivity contribution in [3.8, 4) is 64.2 Å². The molecule has 0 fully saturated rings. The van der Waals surface area contributed by atoms with Crippen molar-refractivity contribution in [2.45, 2.75) is 111 Å². The topological polar surface area (TPSA) is 0 Å². The zero-order valence-electron chi connectivity index (χ0n) is 11.1. The molecular weight excluding hydrogens is 5480 g/mol. The maximum absolute atomic E-state index is 4.00. The average molecular weight is 5550 g/mol. The molecule has 0 saturated carbocycles. The molecule has 0 aromatic carbocycles. The van der Waals surface area contributed by atoms with E-state index in [0.29, 0.717) is 0 Å². The Labute approximate surface area is 176 Å². The van der Waals surface area contributed by atoms with Crippen molar-refractivity contribution in [1.82, 2.24) is 0 Å². The summed E-state index contributed by atoms with van der Waals surface area (Å²) < 4.78 is 0. The van der Waals surface area contributed by atoms with Crippen LogP contribution in [0.2, 0.25) is 0 Å². The standard InChI is InChI=1S/5C2H2.15CH4.20No/c5*1-2;;;;;;;;;;;;;;;;;;;;;;;;;;;;;;;;;;;/h5*1-2H;15*1H4;;;;;;;;;;;;;;;;;;;;. The van der Waals surface area contributed by atoms with Crippen LogP contribution >= 0.6 is 0 Å². The minimum atomic E-state index is 0. The van der Waals surface area contributed by atoms with Gasteiger partial charge in [0.15, 0.2) is 0 Å². The van der Waals surface area contributed by atoms with Gasteiger partial charge in [0, 0.05) is 0 Å². The first-order valence-corrected chi connectivity index (χ1v) is 1.67. The number of rotatable bonds is 0. The van der Waals surface area contributed by atoms with Crippen molar-refractivity contribution in [1.29, 1.82) is 0 Å². The fourth-order valence-electron chi connectivity index (χ4n) is 0. The van der Waals surface area contributed by atoms with Gasteiger partial charge in [-0.25, -0.2) is 0 Å². The Morgan fingerprint density at radius 1 is 0.0889 bits per heavy atom. The summed E-state index contributed by atoms with van der Waals surface area (Å²) in [5.41, 5.74) is 0. The van der Waals surface area contributed by atoms with Crippen LogP contribution in [0.4, 0.5) is 0 Å². The minimum Gasteiger partial charge on any atom is -0.124 e. The SMILES string of the molecule is C.C.C.C.C.C.C.C.C.C.C.C.C.C.C.C#C.C#C.C#C.C#C.C#C.[No].[No].[No].[No].[No].[No].[No].[No].[No].[No].[No].[No].[No].[No].[No].[No].[No].[No].[No].[No]. The van der Waals surface area contributed by atoms with E-state index in [1.165, 1.54) is 0 Å². The van der Waals surface area contributed by atoms with Crippen molar-refractivity contribution in [2.24, 2.45) is 0 Å². The van der Waals surface area contributed by atoms with Gasteiger partial charge in [0.05, 0.1) is 0 Å². The molecule has 0 heterocycles. The van der Waals surface area contributed by atoms with Gasteiger partial charge in [-0.2, -0.15) is 0 Å². The molecule has 0 aromatic rings. The van der Waals surface area contributed by atoms with Gasteiger partial charge >= 0.3 is 0 Å². The smallest absolute Gasteiger partial charge is 0 e. The van der Waals surface area contributed by atoms with Crippen LogP contribution in [0.5, 0.6) is 0 Å². The maximum atomic E-state index is 4.00. The zero-order valence-corrected chi connectivity index (χ0v) is 55.6. The van der Waals surface area contributed by atoms with Gasteiger partial charge in [0.25, 0.3) is 0 Å². The van der Waals surface area contributed by atoms with Gasteiger partial charge in [0.1, 0.15) is 0 Å². The summed E-state index contributed by atoms with van der Waals surface area (Å²) in [7, 11) is 0. The molecule has 0 aliphatic rings. The summed E-state index contributed by atoms with van der Waals surface area (Å²) in [5, 5.41) is 0. The Balaban J connectivity index is -0.000000000153. The van der Waals surface area contributed by atoms with E-state index in [1.807, 2.05) is 0 Å². The number of terminal acetylenes is 5. The van der Waals surface area contributed by atoms with Crippen LogP contribution in [0, 0.1) is 64.2 Å². The summed E-state index contributed by atoms with van der Waals surface area (Å²) in [6, 6.07) is 0. The maximum Gasteiger partial charge on any atom is 0 e. The fourth-order valence-corrected chi connectivity index (χ4v) is 0. The third kappa shape index (κ3) is 17.3. The van der Waals surface area contributed by atoms with Crippen molar-refractivity contribution < 1.29 is 0 Å². The molecule has 20 heteroatoms. The predicted octanol–water partition coefficient (Wildman–Crippen LogP) is 10.8. The molecule has 0 amide bonds. The van der Waals surface area contributed by atoms with E-state index >= 15 is 0 Å². The minimum absolute atomic E-state index is 0. The Kier molecular flexibility index (Phi) is 15.6. The van der Waals surface area contributed by atoms with Crippen molar-refractivity contribution >= 4 is 0 Å². The van der Waals surface area contributed by atoms with E-state index in [0.717, 1.165) is 0 Å². The molecule has 45 heavy (non-hydrogen) atoms. The first kappa shape index (κ1) is 36.6. The van der Waals surface area contributed by atoms with Gasteiger partial charge in [0.2, 0.25) is 0 Å². The summed E-state index contributed by atoms with van der Waals surface area (Å²) in [4.78, 5) is 0. The molecular formula is C25H70No20. The first-order chi connectivity index (χ1) is 5.00. The van der Waals surface area contributed by atoms with Gasteiger partial charge < -0.3 is 0 Å². The van der Waals surface area contributed by atoms with Crippen LogP contribution < -0.4 is 0 Å². The second-order valence-corrected chi connectivity index (χ2v) is 0. The Morgan fingerprint density at radius 3 is 0.0889 bits per heavy atom. The van der Waals surface area contributed by atoms with Crippen molar-refractivity contribution in [3.05, 3.63) is 0 Å². The van der Waals surface area contributed by atoms with Crippen LogP contribution in [-0.2, 0) is 0 Å². The van der Waals surface area contributed by atoms with Gasteiger partial charge in [-0.1, -0.05) is 111 Å². The second-order valence-electron chi connectivity index (χ2n) is 0. The second kappa shape index (κ2) is 19.1. The summed E-state index contributed by atoms with van der Waals surface area (Å²) in [6.45, 7) is 0. The van der Waals surface area contributed by atoms with Crippen LogP contribution in [0.15, 0.2) is 0 Å². The summed E-state index contributed by atoms with van der Waals surface area (Å²) >= 11 is 0. The van der Waals surface area contributed by atoms with E-state index in [9.17, 15) is 0 Å². The Bertz CT molecular complexity index is 103.